The maximum Gasteiger partial charge on any atom is 0.224 e. The van der Waals surface area contributed by atoms with E-state index in [-0.39, 0.29) is 11.8 Å². The predicted octanol–water partition coefficient (Wildman–Crippen LogP) is 1.27. The summed E-state index contributed by atoms with van der Waals surface area (Å²) in [5, 5.41) is 3.58. The van der Waals surface area contributed by atoms with Crippen LogP contribution in [0, 0.1) is 5.92 Å². The number of piperidine rings is 1. The summed E-state index contributed by atoms with van der Waals surface area (Å²) in [6.07, 6.45) is 5.82. The Kier molecular flexibility index (Phi) is 5.15. The second kappa shape index (κ2) is 7.29. The second-order valence-electron chi connectivity index (χ2n) is 6.00. The number of carbonyl (C=O) groups excluding carboxylic acids is 1. The zero-order valence-electron chi connectivity index (χ0n) is 13.0. The molecule has 124 valence electrons. The molecule has 1 atom stereocenters. The topological polar surface area (TPSA) is 75.7 Å². The van der Waals surface area contributed by atoms with Crippen LogP contribution in [-0.4, -0.2) is 46.4 Å². The minimum absolute atomic E-state index is 0.0433. The third-order valence-electron chi connectivity index (χ3n) is 4.17. The molecule has 0 aliphatic carbocycles. The summed E-state index contributed by atoms with van der Waals surface area (Å²) in [5.41, 5.74) is 7.32. The number of likely N-dealkylation sites (tertiary alicyclic amines) is 1. The average Bonchev–Trinajstić information content (AvgIpc) is 2.94. The molecule has 6 nitrogen and oxygen atoms in total. The molecule has 0 aromatic carbocycles. The molecule has 2 aromatic rings. The Balaban J connectivity index is 1.63. The highest BCUT2D eigenvalue weighted by Gasteiger charge is 2.25. The van der Waals surface area contributed by atoms with Crippen molar-refractivity contribution in [3.05, 3.63) is 35.2 Å². The van der Waals surface area contributed by atoms with E-state index in [1.165, 1.54) is 0 Å². The molecular formula is C16H22ClN5O. The molecular weight excluding hydrogens is 314 g/mol. The lowest BCUT2D eigenvalue weighted by molar-refractivity contribution is -0.126. The lowest BCUT2D eigenvalue weighted by Gasteiger charge is -2.31. The summed E-state index contributed by atoms with van der Waals surface area (Å²) >= 11 is 6.00. The molecule has 3 heterocycles. The third-order valence-corrected chi connectivity index (χ3v) is 4.39. The predicted molar refractivity (Wildman–Crippen MR) is 90.3 cm³/mol. The standard InChI is InChI=1S/C16H22ClN5O/c17-13-3-4-15-20-14(11-22(15)9-13)10-21-7-1-2-12(8-21)16(23)19-6-5-18/h3-4,9,11-12H,1-2,5-8,10,18H2,(H,19,23). The van der Waals surface area contributed by atoms with Crippen LogP contribution in [0.2, 0.25) is 5.02 Å². The maximum absolute atomic E-state index is 12.1. The molecule has 1 unspecified atom stereocenters. The van der Waals surface area contributed by atoms with Gasteiger partial charge in [0.2, 0.25) is 5.91 Å². The van der Waals surface area contributed by atoms with Crippen molar-refractivity contribution in [1.82, 2.24) is 19.6 Å². The van der Waals surface area contributed by atoms with Gasteiger partial charge in [0.15, 0.2) is 0 Å². The molecule has 3 N–H and O–H groups in total. The number of aromatic nitrogens is 2. The van der Waals surface area contributed by atoms with E-state index in [0.717, 1.165) is 43.8 Å². The van der Waals surface area contributed by atoms with Crippen LogP contribution >= 0.6 is 11.6 Å². The first kappa shape index (κ1) is 16.2. The van der Waals surface area contributed by atoms with Gasteiger partial charge in [0, 0.05) is 38.6 Å². The van der Waals surface area contributed by atoms with Gasteiger partial charge in [0.05, 0.1) is 16.6 Å². The lowest BCUT2D eigenvalue weighted by Crippen LogP contribution is -2.43. The fourth-order valence-corrected chi connectivity index (χ4v) is 3.24. The Hall–Kier alpha value is -1.63. The van der Waals surface area contributed by atoms with Crippen LogP contribution in [-0.2, 0) is 11.3 Å². The van der Waals surface area contributed by atoms with Crippen molar-refractivity contribution in [2.45, 2.75) is 19.4 Å². The number of pyridine rings is 1. The van der Waals surface area contributed by atoms with Gasteiger partial charge in [-0.15, -0.1) is 0 Å². The number of nitrogens with zero attached hydrogens (tertiary/aromatic N) is 3. The number of hydrogen-bond donors (Lipinski definition) is 2. The number of rotatable bonds is 5. The molecule has 0 bridgehead atoms. The van der Waals surface area contributed by atoms with Gasteiger partial charge in [-0.05, 0) is 31.5 Å². The second-order valence-corrected chi connectivity index (χ2v) is 6.44. The number of fused-ring (bicyclic) bond motifs is 1. The van der Waals surface area contributed by atoms with E-state index in [0.29, 0.717) is 18.1 Å². The summed E-state index contributed by atoms with van der Waals surface area (Å²) in [6.45, 7) is 3.54. The van der Waals surface area contributed by atoms with E-state index in [1.54, 1.807) is 0 Å². The lowest BCUT2D eigenvalue weighted by atomic mass is 9.97. The Morgan fingerprint density at radius 2 is 2.30 bits per heavy atom. The third kappa shape index (κ3) is 4.02. The summed E-state index contributed by atoms with van der Waals surface area (Å²) in [4.78, 5) is 19.0. The van der Waals surface area contributed by atoms with Crippen LogP contribution in [0.1, 0.15) is 18.5 Å². The van der Waals surface area contributed by atoms with Crippen molar-refractivity contribution >= 4 is 23.2 Å². The molecule has 1 aliphatic heterocycles. The summed E-state index contributed by atoms with van der Waals surface area (Å²) in [6, 6.07) is 3.75. The van der Waals surface area contributed by atoms with Gasteiger partial charge in [-0.3, -0.25) is 9.69 Å². The maximum atomic E-state index is 12.1. The van der Waals surface area contributed by atoms with Crippen LogP contribution in [0.4, 0.5) is 0 Å². The molecule has 2 aromatic heterocycles. The van der Waals surface area contributed by atoms with E-state index < -0.39 is 0 Å². The molecule has 0 saturated carbocycles. The Morgan fingerprint density at radius 3 is 3.13 bits per heavy atom. The minimum Gasteiger partial charge on any atom is -0.355 e. The van der Waals surface area contributed by atoms with Crippen LogP contribution in [0.3, 0.4) is 0 Å². The smallest absolute Gasteiger partial charge is 0.224 e. The van der Waals surface area contributed by atoms with E-state index in [2.05, 4.69) is 15.2 Å². The Morgan fingerprint density at radius 1 is 1.43 bits per heavy atom. The summed E-state index contributed by atoms with van der Waals surface area (Å²) < 4.78 is 1.94. The highest BCUT2D eigenvalue weighted by Crippen LogP contribution is 2.19. The molecule has 1 amide bonds. The van der Waals surface area contributed by atoms with Crippen molar-refractivity contribution in [3.63, 3.8) is 0 Å². The van der Waals surface area contributed by atoms with E-state index >= 15 is 0 Å². The van der Waals surface area contributed by atoms with Crippen LogP contribution in [0.25, 0.3) is 5.65 Å². The molecule has 0 spiro atoms. The van der Waals surface area contributed by atoms with Gasteiger partial charge in [0.25, 0.3) is 0 Å². The molecule has 3 rings (SSSR count). The summed E-state index contributed by atoms with van der Waals surface area (Å²) in [7, 11) is 0. The van der Waals surface area contributed by atoms with Gasteiger partial charge in [-0.2, -0.15) is 0 Å². The average molecular weight is 336 g/mol. The number of amides is 1. The minimum atomic E-state index is 0.0433. The first-order chi connectivity index (χ1) is 11.2. The van der Waals surface area contributed by atoms with Gasteiger partial charge in [-0.25, -0.2) is 4.98 Å². The van der Waals surface area contributed by atoms with Crippen molar-refractivity contribution in [2.24, 2.45) is 11.7 Å². The SMILES string of the molecule is NCCNC(=O)C1CCCN(Cc2cn3cc(Cl)ccc3n2)C1. The van der Waals surface area contributed by atoms with E-state index in [4.69, 9.17) is 17.3 Å². The number of nitrogens with two attached hydrogens (primary N) is 1. The fourth-order valence-electron chi connectivity index (χ4n) is 3.08. The highest BCUT2D eigenvalue weighted by atomic mass is 35.5. The number of hydrogen-bond acceptors (Lipinski definition) is 4. The normalized spacial score (nSPS) is 19.1. The summed E-state index contributed by atoms with van der Waals surface area (Å²) in [5.74, 6) is 0.156. The van der Waals surface area contributed by atoms with E-state index in [1.807, 2.05) is 28.9 Å². The molecule has 1 aliphatic rings. The quantitative estimate of drug-likeness (QED) is 0.863. The van der Waals surface area contributed by atoms with Crippen molar-refractivity contribution in [3.8, 4) is 0 Å². The van der Waals surface area contributed by atoms with Gasteiger partial charge < -0.3 is 15.5 Å². The largest absolute Gasteiger partial charge is 0.355 e. The molecule has 7 heteroatoms. The van der Waals surface area contributed by atoms with Gasteiger partial charge in [0.1, 0.15) is 5.65 Å². The van der Waals surface area contributed by atoms with Crippen LogP contribution < -0.4 is 11.1 Å². The molecule has 0 radical (unpaired) electrons. The fraction of sp³-hybridized carbons (Fsp3) is 0.500. The van der Waals surface area contributed by atoms with E-state index in [9.17, 15) is 4.79 Å². The van der Waals surface area contributed by atoms with Crippen molar-refractivity contribution in [2.75, 3.05) is 26.2 Å². The monoisotopic (exact) mass is 335 g/mol. The van der Waals surface area contributed by atoms with Crippen LogP contribution in [0.5, 0.6) is 0 Å². The van der Waals surface area contributed by atoms with Crippen LogP contribution in [0.15, 0.2) is 24.5 Å². The highest BCUT2D eigenvalue weighted by molar-refractivity contribution is 6.30. The first-order valence-electron chi connectivity index (χ1n) is 7.99. The van der Waals surface area contributed by atoms with Crippen molar-refractivity contribution < 1.29 is 4.79 Å². The van der Waals surface area contributed by atoms with Gasteiger partial charge >= 0.3 is 0 Å². The Bertz CT molecular complexity index is 686. The first-order valence-corrected chi connectivity index (χ1v) is 8.37. The molecule has 23 heavy (non-hydrogen) atoms. The Labute approximate surface area is 140 Å². The van der Waals surface area contributed by atoms with Gasteiger partial charge in [-0.1, -0.05) is 11.6 Å². The molecule has 1 fully saturated rings. The number of halogens is 1. The number of carbonyl (C=O) groups is 1. The number of nitrogens with one attached hydrogen (secondary N) is 1. The molecule has 1 saturated heterocycles. The van der Waals surface area contributed by atoms with Crippen molar-refractivity contribution in [1.29, 1.82) is 0 Å². The zero-order chi connectivity index (χ0) is 16.2. The zero-order valence-corrected chi connectivity index (χ0v) is 13.8. The number of imidazole rings is 1.